The van der Waals surface area contributed by atoms with Gasteiger partial charge in [-0.2, -0.15) is 5.26 Å². The Labute approximate surface area is 149 Å². The second kappa shape index (κ2) is 12.6. The highest BCUT2D eigenvalue weighted by Crippen LogP contribution is 2.18. The number of nitrogens with one attached hydrogen (secondary N) is 1. The maximum absolute atomic E-state index is 12.2. The maximum atomic E-state index is 12.2. The van der Waals surface area contributed by atoms with Gasteiger partial charge in [-0.1, -0.05) is 0 Å². The molecule has 1 heterocycles. The van der Waals surface area contributed by atoms with Gasteiger partial charge in [-0.3, -0.25) is 9.59 Å². The molecule has 2 amide bonds. The molecule has 0 aromatic rings. The topological polar surface area (TPSA) is 118 Å². The van der Waals surface area contributed by atoms with Crippen LogP contribution >= 0.6 is 0 Å². The monoisotopic (exact) mass is 354 g/mol. The minimum absolute atomic E-state index is 0.0234. The largest absolute Gasteiger partial charge is 0.379 e. The Hall–Kier alpha value is -1.69. The Bertz CT molecular complexity index is 452. The highest BCUT2D eigenvalue weighted by Gasteiger charge is 2.31. The first-order chi connectivity index (χ1) is 12.1. The lowest BCUT2D eigenvalue weighted by atomic mass is 10.1. The van der Waals surface area contributed by atoms with E-state index in [9.17, 15) is 9.59 Å². The molecule has 0 spiro atoms. The van der Waals surface area contributed by atoms with Gasteiger partial charge in [0.15, 0.2) is 0 Å². The van der Waals surface area contributed by atoms with Gasteiger partial charge in [0.2, 0.25) is 11.8 Å². The van der Waals surface area contributed by atoms with Crippen molar-refractivity contribution in [2.24, 2.45) is 5.73 Å². The second-order valence-corrected chi connectivity index (χ2v) is 6.02. The fourth-order valence-electron chi connectivity index (χ4n) is 2.70. The Balaban J connectivity index is 2.06. The number of likely N-dealkylation sites (tertiary alicyclic amines) is 1. The van der Waals surface area contributed by atoms with Crippen LogP contribution in [0.2, 0.25) is 0 Å². The van der Waals surface area contributed by atoms with Crippen LogP contribution in [-0.4, -0.2) is 68.3 Å². The summed E-state index contributed by atoms with van der Waals surface area (Å²) >= 11 is 0. The van der Waals surface area contributed by atoms with Crippen LogP contribution in [0.5, 0.6) is 0 Å². The second-order valence-electron chi connectivity index (χ2n) is 6.02. The van der Waals surface area contributed by atoms with E-state index in [1.54, 1.807) is 4.90 Å². The van der Waals surface area contributed by atoms with Crippen LogP contribution in [0.1, 0.15) is 39.0 Å². The van der Waals surface area contributed by atoms with Crippen LogP contribution < -0.4 is 11.1 Å². The quantitative estimate of drug-likeness (QED) is 0.482. The molecular weight excluding hydrogens is 324 g/mol. The molecule has 3 N–H and O–H groups in total. The van der Waals surface area contributed by atoms with Crippen molar-refractivity contribution in [1.29, 1.82) is 5.26 Å². The lowest BCUT2D eigenvalue weighted by Crippen LogP contribution is -2.45. The molecule has 1 aliphatic rings. The van der Waals surface area contributed by atoms with Crippen LogP contribution in [0.15, 0.2) is 0 Å². The number of ether oxygens (including phenoxy) is 2. The SMILES string of the molecule is CCOCCOCC(=O)NCCCC[C@H](N)C(=O)N1CCC[C@H]1C#N. The number of carbonyl (C=O) groups excluding carboxylic acids is 2. The zero-order chi connectivity index (χ0) is 18.5. The number of hydrogen-bond acceptors (Lipinski definition) is 6. The van der Waals surface area contributed by atoms with E-state index in [1.807, 2.05) is 6.92 Å². The Kier molecular flexibility index (Phi) is 10.8. The van der Waals surface area contributed by atoms with Crippen molar-refractivity contribution in [3.05, 3.63) is 0 Å². The van der Waals surface area contributed by atoms with E-state index in [0.29, 0.717) is 39.3 Å². The normalized spacial score (nSPS) is 18.0. The highest BCUT2D eigenvalue weighted by molar-refractivity contribution is 5.82. The van der Waals surface area contributed by atoms with Gasteiger partial charge in [0.1, 0.15) is 12.6 Å². The molecule has 8 nitrogen and oxygen atoms in total. The zero-order valence-corrected chi connectivity index (χ0v) is 15.0. The smallest absolute Gasteiger partial charge is 0.245 e. The predicted molar refractivity (Wildman–Crippen MR) is 92.5 cm³/mol. The molecule has 1 aliphatic heterocycles. The molecule has 0 bridgehead atoms. The van der Waals surface area contributed by atoms with Gasteiger partial charge in [-0.25, -0.2) is 0 Å². The molecule has 0 aromatic carbocycles. The number of hydrogen-bond donors (Lipinski definition) is 2. The molecule has 8 heteroatoms. The Morgan fingerprint density at radius 1 is 1.36 bits per heavy atom. The molecule has 25 heavy (non-hydrogen) atoms. The summed E-state index contributed by atoms with van der Waals surface area (Å²) < 4.78 is 10.3. The van der Waals surface area contributed by atoms with Gasteiger partial charge < -0.3 is 25.4 Å². The molecule has 0 aliphatic carbocycles. The highest BCUT2D eigenvalue weighted by atomic mass is 16.5. The minimum Gasteiger partial charge on any atom is -0.379 e. The van der Waals surface area contributed by atoms with Crippen molar-refractivity contribution in [3.8, 4) is 6.07 Å². The van der Waals surface area contributed by atoms with Crippen LogP contribution in [0.3, 0.4) is 0 Å². The van der Waals surface area contributed by atoms with E-state index in [0.717, 1.165) is 25.7 Å². The maximum Gasteiger partial charge on any atom is 0.245 e. The third-order valence-corrected chi connectivity index (χ3v) is 4.08. The van der Waals surface area contributed by atoms with Gasteiger partial charge in [0.05, 0.1) is 25.3 Å². The fourth-order valence-corrected chi connectivity index (χ4v) is 2.70. The van der Waals surface area contributed by atoms with Gasteiger partial charge in [-0.15, -0.1) is 0 Å². The van der Waals surface area contributed by atoms with Crippen molar-refractivity contribution in [1.82, 2.24) is 10.2 Å². The number of nitrogens with zero attached hydrogens (tertiary/aromatic N) is 2. The molecule has 0 radical (unpaired) electrons. The van der Waals surface area contributed by atoms with Crippen molar-refractivity contribution in [2.45, 2.75) is 51.1 Å². The molecule has 0 aromatic heterocycles. The van der Waals surface area contributed by atoms with Crippen LogP contribution in [0.25, 0.3) is 0 Å². The van der Waals surface area contributed by atoms with E-state index >= 15 is 0 Å². The number of nitrogens with two attached hydrogens (primary N) is 1. The average molecular weight is 354 g/mol. The summed E-state index contributed by atoms with van der Waals surface area (Å²) in [5.74, 6) is -0.304. The van der Waals surface area contributed by atoms with Crippen LogP contribution in [-0.2, 0) is 19.1 Å². The molecule has 1 rings (SSSR count). The Morgan fingerprint density at radius 3 is 2.84 bits per heavy atom. The summed E-state index contributed by atoms with van der Waals surface area (Å²) in [6.45, 7) is 4.59. The minimum atomic E-state index is -0.577. The summed E-state index contributed by atoms with van der Waals surface area (Å²) in [5.41, 5.74) is 5.94. The van der Waals surface area contributed by atoms with Gasteiger partial charge in [0.25, 0.3) is 0 Å². The molecule has 1 fully saturated rings. The van der Waals surface area contributed by atoms with E-state index in [1.165, 1.54) is 0 Å². The third-order valence-electron chi connectivity index (χ3n) is 4.08. The number of nitriles is 1. The summed E-state index contributed by atoms with van der Waals surface area (Å²) in [6, 6.07) is 1.24. The standard InChI is InChI=1S/C17H30N4O4/c1-2-24-10-11-25-13-16(22)20-8-4-3-7-15(19)17(23)21-9-5-6-14(21)12-18/h14-15H,2-11,13,19H2,1H3,(H,20,22)/t14-,15-/m0/s1. The van der Waals surface area contributed by atoms with Crippen LogP contribution in [0, 0.1) is 11.3 Å². The molecule has 2 atom stereocenters. The third kappa shape index (κ3) is 8.29. The summed E-state index contributed by atoms with van der Waals surface area (Å²) in [4.78, 5) is 25.4. The zero-order valence-electron chi connectivity index (χ0n) is 15.0. The molecular formula is C17H30N4O4. The summed E-state index contributed by atoms with van der Waals surface area (Å²) in [7, 11) is 0. The van der Waals surface area contributed by atoms with E-state index in [4.69, 9.17) is 20.5 Å². The number of rotatable bonds is 12. The summed E-state index contributed by atoms with van der Waals surface area (Å²) in [5, 5.41) is 11.8. The van der Waals surface area contributed by atoms with Gasteiger partial charge >= 0.3 is 0 Å². The fraction of sp³-hybridized carbons (Fsp3) is 0.824. The van der Waals surface area contributed by atoms with E-state index in [2.05, 4.69) is 11.4 Å². The first-order valence-electron chi connectivity index (χ1n) is 8.98. The van der Waals surface area contributed by atoms with Crippen molar-refractivity contribution in [3.63, 3.8) is 0 Å². The van der Waals surface area contributed by atoms with Crippen molar-refractivity contribution in [2.75, 3.05) is 39.5 Å². The van der Waals surface area contributed by atoms with Crippen molar-refractivity contribution >= 4 is 11.8 Å². The van der Waals surface area contributed by atoms with Gasteiger partial charge in [0, 0.05) is 19.7 Å². The molecule has 0 saturated carbocycles. The predicted octanol–water partition coefficient (Wildman–Crippen LogP) is 0.168. The average Bonchev–Trinajstić information content (AvgIpc) is 3.09. The first kappa shape index (κ1) is 21.4. The van der Waals surface area contributed by atoms with Crippen molar-refractivity contribution < 1.29 is 19.1 Å². The number of carbonyl (C=O) groups is 2. The van der Waals surface area contributed by atoms with E-state index in [-0.39, 0.29) is 24.5 Å². The molecule has 1 saturated heterocycles. The van der Waals surface area contributed by atoms with Crippen LogP contribution in [0.4, 0.5) is 0 Å². The molecule has 142 valence electrons. The number of unbranched alkanes of at least 4 members (excludes halogenated alkanes) is 1. The summed E-state index contributed by atoms with van der Waals surface area (Å²) in [6.07, 6.45) is 3.62. The first-order valence-corrected chi connectivity index (χ1v) is 8.98. The van der Waals surface area contributed by atoms with E-state index < -0.39 is 6.04 Å². The molecule has 0 unspecified atom stereocenters. The lowest BCUT2D eigenvalue weighted by Gasteiger charge is -2.23. The Morgan fingerprint density at radius 2 is 2.12 bits per heavy atom. The number of amides is 2. The lowest BCUT2D eigenvalue weighted by molar-refractivity contribution is -0.132. The van der Waals surface area contributed by atoms with Gasteiger partial charge in [-0.05, 0) is 39.0 Å².